The molecule has 1 N–H and O–H groups in total. The predicted octanol–water partition coefficient (Wildman–Crippen LogP) is 1.98. The third kappa shape index (κ3) is 4.15. The molecule has 0 spiro atoms. The topological polar surface area (TPSA) is 50.3 Å². The Hall–Kier alpha value is -1.20. The monoisotopic (exact) mass is 278 g/mol. The van der Waals surface area contributed by atoms with Crippen LogP contribution in [0.3, 0.4) is 0 Å². The van der Waals surface area contributed by atoms with Crippen LogP contribution in [0.4, 0.5) is 5.82 Å². The number of rotatable bonds is 4. The minimum atomic E-state index is 0.0859. The molecule has 1 aliphatic rings. The van der Waals surface area contributed by atoms with Gasteiger partial charge in [-0.15, -0.1) is 0 Å². The standard InChI is InChI=1S/C15H26N4O/c1-5-13-11-20-7-6-19(13)14-10-16-8-12(18-14)9-17-15(2,3)4/h8,10,13,17H,5-7,9,11H2,1-4H3. The van der Waals surface area contributed by atoms with Gasteiger partial charge in [-0.25, -0.2) is 4.98 Å². The number of ether oxygens (including phenoxy) is 1. The minimum Gasteiger partial charge on any atom is -0.377 e. The molecular weight excluding hydrogens is 252 g/mol. The second kappa shape index (κ2) is 6.50. The molecule has 1 aromatic heterocycles. The molecule has 20 heavy (non-hydrogen) atoms. The second-order valence-corrected chi connectivity index (χ2v) is 6.30. The highest BCUT2D eigenvalue weighted by molar-refractivity contribution is 5.38. The van der Waals surface area contributed by atoms with Crippen molar-refractivity contribution in [3.05, 3.63) is 18.1 Å². The normalized spacial score (nSPS) is 20.2. The molecule has 1 unspecified atom stereocenters. The van der Waals surface area contributed by atoms with Gasteiger partial charge in [0, 0.05) is 24.8 Å². The number of hydrogen-bond acceptors (Lipinski definition) is 5. The highest BCUT2D eigenvalue weighted by atomic mass is 16.5. The van der Waals surface area contributed by atoms with Gasteiger partial charge in [-0.1, -0.05) is 6.92 Å². The molecule has 1 aliphatic heterocycles. The van der Waals surface area contributed by atoms with Crippen molar-refractivity contribution in [3.8, 4) is 0 Å². The van der Waals surface area contributed by atoms with E-state index in [2.05, 4.69) is 42.9 Å². The van der Waals surface area contributed by atoms with Crippen LogP contribution in [0.2, 0.25) is 0 Å². The highest BCUT2D eigenvalue weighted by Crippen LogP contribution is 2.18. The van der Waals surface area contributed by atoms with Crippen LogP contribution in [0.5, 0.6) is 0 Å². The molecule has 0 amide bonds. The molecule has 0 aromatic carbocycles. The lowest BCUT2D eigenvalue weighted by Gasteiger charge is -2.35. The third-order valence-corrected chi connectivity index (χ3v) is 3.46. The van der Waals surface area contributed by atoms with E-state index in [0.717, 1.165) is 44.2 Å². The van der Waals surface area contributed by atoms with Crippen LogP contribution in [0.1, 0.15) is 39.8 Å². The van der Waals surface area contributed by atoms with Crippen molar-refractivity contribution >= 4 is 5.82 Å². The molecule has 112 valence electrons. The Morgan fingerprint density at radius 3 is 2.90 bits per heavy atom. The zero-order chi connectivity index (χ0) is 14.6. The molecule has 2 rings (SSSR count). The summed E-state index contributed by atoms with van der Waals surface area (Å²) >= 11 is 0. The van der Waals surface area contributed by atoms with Gasteiger partial charge in [-0.2, -0.15) is 0 Å². The van der Waals surface area contributed by atoms with Gasteiger partial charge >= 0.3 is 0 Å². The lowest BCUT2D eigenvalue weighted by molar-refractivity contribution is 0.0925. The van der Waals surface area contributed by atoms with E-state index in [-0.39, 0.29) is 5.54 Å². The van der Waals surface area contributed by atoms with Crippen LogP contribution in [-0.2, 0) is 11.3 Å². The Morgan fingerprint density at radius 1 is 1.40 bits per heavy atom. The molecule has 1 fully saturated rings. The lowest BCUT2D eigenvalue weighted by atomic mass is 10.1. The van der Waals surface area contributed by atoms with E-state index >= 15 is 0 Å². The molecule has 1 atom stereocenters. The molecule has 1 aromatic rings. The summed E-state index contributed by atoms with van der Waals surface area (Å²) in [6.07, 6.45) is 4.75. The maximum Gasteiger partial charge on any atom is 0.147 e. The first-order valence-electron chi connectivity index (χ1n) is 7.40. The van der Waals surface area contributed by atoms with Crippen LogP contribution < -0.4 is 10.2 Å². The van der Waals surface area contributed by atoms with E-state index in [1.807, 2.05) is 12.4 Å². The first kappa shape index (κ1) is 15.2. The fraction of sp³-hybridized carbons (Fsp3) is 0.733. The van der Waals surface area contributed by atoms with Crippen molar-refractivity contribution in [2.24, 2.45) is 0 Å². The van der Waals surface area contributed by atoms with Crippen LogP contribution in [0.25, 0.3) is 0 Å². The molecule has 5 heteroatoms. The van der Waals surface area contributed by atoms with Crippen molar-refractivity contribution in [1.82, 2.24) is 15.3 Å². The van der Waals surface area contributed by atoms with E-state index < -0.39 is 0 Å². The summed E-state index contributed by atoms with van der Waals surface area (Å²) in [5.74, 6) is 0.966. The number of aromatic nitrogens is 2. The summed E-state index contributed by atoms with van der Waals surface area (Å²) < 4.78 is 5.54. The second-order valence-electron chi connectivity index (χ2n) is 6.30. The average molecular weight is 278 g/mol. The quantitative estimate of drug-likeness (QED) is 0.912. The smallest absolute Gasteiger partial charge is 0.147 e. The largest absolute Gasteiger partial charge is 0.377 e. The number of nitrogens with zero attached hydrogens (tertiary/aromatic N) is 3. The first-order valence-corrected chi connectivity index (χ1v) is 7.40. The first-order chi connectivity index (χ1) is 9.49. The lowest BCUT2D eigenvalue weighted by Crippen LogP contribution is -2.45. The summed E-state index contributed by atoms with van der Waals surface area (Å²) in [6.45, 7) is 11.8. The molecular formula is C15H26N4O. The number of hydrogen-bond donors (Lipinski definition) is 1. The van der Waals surface area contributed by atoms with Crippen LogP contribution >= 0.6 is 0 Å². The zero-order valence-corrected chi connectivity index (χ0v) is 13.0. The Bertz CT molecular complexity index is 430. The average Bonchev–Trinajstić information content (AvgIpc) is 2.45. The zero-order valence-electron chi connectivity index (χ0n) is 13.0. The van der Waals surface area contributed by atoms with E-state index in [1.165, 1.54) is 0 Å². The molecule has 0 radical (unpaired) electrons. The minimum absolute atomic E-state index is 0.0859. The number of nitrogens with one attached hydrogen (secondary N) is 1. The predicted molar refractivity (Wildman–Crippen MR) is 80.9 cm³/mol. The summed E-state index contributed by atoms with van der Waals surface area (Å²) in [6, 6.07) is 0.406. The van der Waals surface area contributed by atoms with Gasteiger partial charge in [0.15, 0.2) is 0 Å². The van der Waals surface area contributed by atoms with Gasteiger partial charge < -0.3 is 15.0 Å². The van der Waals surface area contributed by atoms with Gasteiger partial charge in [-0.3, -0.25) is 4.98 Å². The maximum atomic E-state index is 5.54. The Kier molecular flexibility index (Phi) is 4.94. The molecule has 0 aliphatic carbocycles. The molecule has 2 heterocycles. The van der Waals surface area contributed by atoms with Gasteiger partial charge in [0.2, 0.25) is 0 Å². The molecule has 1 saturated heterocycles. The van der Waals surface area contributed by atoms with Crippen molar-refractivity contribution in [2.45, 2.75) is 52.2 Å². The van der Waals surface area contributed by atoms with Gasteiger partial charge in [0.25, 0.3) is 0 Å². The Labute approximate surface area is 121 Å². The van der Waals surface area contributed by atoms with Crippen molar-refractivity contribution < 1.29 is 4.74 Å². The van der Waals surface area contributed by atoms with Gasteiger partial charge in [0.1, 0.15) is 5.82 Å². The molecule has 0 bridgehead atoms. The third-order valence-electron chi connectivity index (χ3n) is 3.46. The van der Waals surface area contributed by atoms with Crippen molar-refractivity contribution in [3.63, 3.8) is 0 Å². The maximum absolute atomic E-state index is 5.54. The summed E-state index contributed by atoms with van der Waals surface area (Å²) in [5, 5.41) is 3.45. The van der Waals surface area contributed by atoms with E-state index in [1.54, 1.807) is 0 Å². The fourth-order valence-corrected chi connectivity index (χ4v) is 2.27. The van der Waals surface area contributed by atoms with Crippen molar-refractivity contribution in [1.29, 1.82) is 0 Å². The summed E-state index contributed by atoms with van der Waals surface area (Å²) in [5.41, 5.74) is 1.07. The Morgan fingerprint density at radius 2 is 2.20 bits per heavy atom. The van der Waals surface area contributed by atoms with Crippen LogP contribution in [0.15, 0.2) is 12.4 Å². The fourth-order valence-electron chi connectivity index (χ4n) is 2.27. The van der Waals surface area contributed by atoms with E-state index in [9.17, 15) is 0 Å². The highest BCUT2D eigenvalue weighted by Gasteiger charge is 2.23. The van der Waals surface area contributed by atoms with Gasteiger partial charge in [0.05, 0.1) is 31.1 Å². The Balaban J connectivity index is 2.08. The van der Waals surface area contributed by atoms with E-state index in [4.69, 9.17) is 9.72 Å². The number of morpholine rings is 1. The van der Waals surface area contributed by atoms with Crippen LogP contribution in [-0.4, -0.2) is 41.3 Å². The SMILES string of the molecule is CCC1COCCN1c1cncc(CNC(C)(C)C)n1. The summed E-state index contributed by atoms with van der Waals surface area (Å²) in [7, 11) is 0. The van der Waals surface area contributed by atoms with Crippen molar-refractivity contribution in [2.75, 3.05) is 24.7 Å². The molecule has 5 nitrogen and oxygen atoms in total. The van der Waals surface area contributed by atoms with E-state index in [0.29, 0.717) is 6.04 Å². The van der Waals surface area contributed by atoms with Crippen LogP contribution in [0, 0.1) is 0 Å². The van der Waals surface area contributed by atoms with Gasteiger partial charge in [-0.05, 0) is 27.2 Å². The summed E-state index contributed by atoms with van der Waals surface area (Å²) in [4.78, 5) is 11.4. The molecule has 0 saturated carbocycles. The number of anilines is 1.